The van der Waals surface area contributed by atoms with Gasteiger partial charge in [0.25, 0.3) is 0 Å². The Kier molecular flexibility index (Phi) is 3.65. The summed E-state index contributed by atoms with van der Waals surface area (Å²) < 4.78 is 0. The van der Waals surface area contributed by atoms with Crippen LogP contribution in [0.5, 0.6) is 0 Å². The predicted molar refractivity (Wildman–Crippen MR) is 67.5 cm³/mol. The highest BCUT2D eigenvalue weighted by atomic mass is 16.4. The van der Waals surface area contributed by atoms with Crippen molar-refractivity contribution in [2.24, 2.45) is 0 Å². The van der Waals surface area contributed by atoms with Crippen molar-refractivity contribution in [1.29, 1.82) is 0 Å². The topological polar surface area (TPSA) is 57.6 Å². The minimum atomic E-state index is -0.979. The number of hydrogen-bond acceptors (Lipinski definition) is 2. The van der Waals surface area contributed by atoms with Crippen LogP contribution < -0.4 is 0 Å². The van der Waals surface area contributed by atoms with Crippen LogP contribution in [-0.2, 0) is 11.2 Å². The second-order valence-electron chi connectivity index (χ2n) is 4.55. The maximum absolute atomic E-state index is 12.1. The zero-order chi connectivity index (χ0) is 13.1. The molecule has 1 fully saturated rings. The lowest BCUT2D eigenvalue weighted by atomic mass is 10.0. The number of carboxylic acids is 1. The molecule has 0 bridgehead atoms. The molecule has 1 aliphatic carbocycles. The molecule has 1 aromatic rings. The number of benzene rings is 1. The number of aromatic carboxylic acids is 1. The number of hydrogen-bond donors (Lipinski definition) is 1. The largest absolute Gasteiger partial charge is 0.478 e. The number of amides is 1. The second kappa shape index (κ2) is 5.21. The molecule has 0 spiro atoms. The van der Waals surface area contributed by atoms with Crippen LogP contribution in [0.2, 0.25) is 0 Å². The quantitative estimate of drug-likeness (QED) is 0.865. The lowest BCUT2D eigenvalue weighted by Gasteiger charge is -2.20. The van der Waals surface area contributed by atoms with E-state index in [0.29, 0.717) is 18.2 Å². The monoisotopic (exact) mass is 247 g/mol. The molecule has 1 aliphatic rings. The van der Waals surface area contributed by atoms with E-state index in [1.807, 2.05) is 11.8 Å². The highest BCUT2D eigenvalue weighted by Crippen LogP contribution is 2.27. The van der Waals surface area contributed by atoms with Gasteiger partial charge in [0.1, 0.15) is 0 Å². The van der Waals surface area contributed by atoms with E-state index in [1.54, 1.807) is 24.3 Å². The fraction of sp³-hybridized carbons (Fsp3) is 0.429. The molecule has 0 aliphatic heterocycles. The molecule has 1 N–H and O–H groups in total. The van der Waals surface area contributed by atoms with E-state index in [4.69, 9.17) is 5.11 Å². The summed E-state index contributed by atoms with van der Waals surface area (Å²) in [5.74, 6) is -0.957. The van der Waals surface area contributed by atoms with Gasteiger partial charge in [-0.15, -0.1) is 0 Å². The van der Waals surface area contributed by atoms with Crippen molar-refractivity contribution in [1.82, 2.24) is 4.90 Å². The van der Waals surface area contributed by atoms with Gasteiger partial charge in [0.05, 0.1) is 12.0 Å². The Bertz CT molecular complexity index is 466. The SMILES string of the molecule is CCN(C(=O)Cc1ccccc1C(=O)O)C1CC1. The van der Waals surface area contributed by atoms with Crippen LogP contribution >= 0.6 is 0 Å². The molecule has 4 heteroatoms. The molecule has 96 valence electrons. The molecule has 0 radical (unpaired) electrons. The predicted octanol–water partition coefficient (Wildman–Crippen LogP) is 1.94. The van der Waals surface area contributed by atoms with Gasteiger partial charge in [-0.05, 0) is 31.4 Å². The first-order valence-corrected chi connectivity index (χ1v) is 6.24. The summed E-state index contributed by atoms with van der Waals surface area (Å²) in [5.41, 5.74) is 0.812. The van der Waals surface area contributed by atoms with Gasteiger partial charge in [-0.3, -0.25) is 4.79 Å². The van der Waals surface area contributed by atoms with Gasteiger partial charge in [0.2, 0.25) is 5.91 Å². The molecule has 0 unspecified atom stereocenters. The summed E-state index contributed by atoms with van der Waals surface area (Å²) in [6, 6.07) is 7.07. The summed E-state index contributed by atoms with van der Waals surface area (Å²) in [6.07, 6.45) is 2.31. The summed E-state index contributed by atoms with van der Waals surface area (Å²) in [7, 11) is 0. The van der Waals surface area contributed by atoms with Crippen LogP contribution in [0.1, 0.15) is 35.7 Å². The third-order valence-corrected chi connectivity index (χ3v) is 3.24. The molecule has 0 heterocycles. The van der Waals surface area contributed by atoms with Crippen molar-refractivity contribution in [3.8, 4) is 0 Å². The van der Waals surface area contributed by atoms with Gasteiger partial charge in [-0.25, -0.2) is 4.79 Å². The first kappa shape index (κ1) is 12.6. The van der Waals surface area contributed by atoms with E-state index in [1.165, 1.54) is 0 Å². The molecule has 0 aromatic heterocycles. The third kappa shape index (κ3) is 2.70. The van der Waals surface area contributed by atoms with Crippen LogP contribution in [-0.4, -0.2) is 34.5 Å². The number of carbonyl (C=O) groups excluding carboxylic acids is 1. The molecule has 4 nitrogen and oxygen atoms in total. The maximum atomic E-state index is 12.1. The third-order valence-electron chi connectivity index (χ3n) is 3.24. The van der Waals surface area contributed by atoms with Crippen LogP contribution in [0.25, 0.3) is 0 Å². The summed E-state index contributed by atoms with van der Waals surface area (Å²) >= 11 is 0. The normalized spacial score (nSPS) is 14.3. The zero-order valence-corrected chi connectivity index (χ0v) is 10.4. The highest BCUT2D eigenvalue weighted by Gasteiger charge is 2.31. The van der Waals surface area contributed by atoms with Gasteiger partial charge in [0, 0.05) is 12.6 Å². The number of likely N-dealkylation sites (N-methyl/N-ethyl adjacent to an activating group) is 1. The summed E-state index contributed by atoms with van der Waals surface area (Å²) in [4.78, 5) is 25.0. The molecule has 0 atom stereocenters. The minimum absolute atomic E-state index is 0.0219. The maximum Gasteiger partial charge on any atom is 0.335 e. The minimum Gasteiger partial charge on any atom is -0.478 e. The van der Waals surface area contributed by atoms with Crippen LogP contribution in [0.3, 0.4) is 0 Å². The molecule has 2 rings (SSSR count). The number of rotatable bonds is 5. The first-order valence-electron chi connectivity index (χ1n) is 6.24. The lowest BCUT2D eigenvalue weighted by Crippen LogP contribution is -2.34. The van der Waals surface area contributed by atoms with Crippen LogP contribution in [0.15, 0.2) is 24.3 Å². The van der Waals surface area contributed by atoms with Crippen molar-refractivity contribution in [3.05, 3.63) is 35.4 Å². The van der Waals surface area contributed by atoms with Crippen molar-refractivity contribution in [2.45, 2.75) is 32.2 Å². The lowest BCUT2D eigenvalue weighted by molar-refractivity contribution is -0.130. The van der Waals surface area contributed by atoms with Crippen molar-refractivity contribution < 1.29 is 14.7 Å². The molecule has 18 heavy (non-hydrogen) atoms. The van der Waals surface area contributed by atoms with E-state index in [0.717, 1.165) is 12.8 Å². The van der Waals surface area contributed by atoms with Crippen molar-refractivity contribution in [2.75, 3.05) is 6.54 Å². The van der Waals surface area contributed by atoms with E-state index in [-0.39, 0.29) is 17.9 Å². The van der Waals surface area contributed by atoms with Gasteiger partial charge in [-0.1, -0.05) is 18.2 Å². The van der Waals surface area contributed by atoms with Crippen LogP contribution in [0.4, 0.5) is 0 Å². The Labute approximate surface area is 106 Å². The fourth-order valence-corrected chi connectivity index (χ4v) is 2.17. The number of carboxylic acid groups (broad SMARTS) is 1. The Hall–Kier alpha value is -1.84. The van der Waals surface area contributed by atoms with E-state index in [9.17, 15) is 9.59 Å². The molecule has 1 aromatic carbocycles. The molecular formula is C14H17NO3. The van der Waals surface area contributed by atoms with Crippen molar-refractivity contribution >= 4 is 11.9 Å². The number of carbonyl (C=O) groups is 2. The Morgan fingerprint density at radius 1 is 1.33 bits per heavy atom. The van der Waals surface area contributed by atoms with Gasteiger partial charge >= 0.3 is 5.97 Å². The fourth-order valence-electron chi connectivity index (χ4n) is 2.17. The number of nitrogens with zero attached hydrogens (tertiary/aromatic N) is 1. The zero-order valence-electron chi connectivity index (χ0n) is 10.4. The van der Waals surface area contributed by atoms with E-state index in [2.05, 4.69) is 0 Å². The van der Waals surface area contributed by atoms with Gasteiger partial charge in [0.15, 0.2) is 0 Å². The summed E-state index contributed by atoms with van der Waals surface area (Å²) in [6.45, 7) is 2.65. The second-order valence-corrected chi connectivity index (χ2v) is 4.55. The van der Waals surface area contributed by atoms with Gasteiger partial charge in [-0.2, -0.15) is 0 Å². The molecule has 1 saturated carbocycles. The van der Waals surface area contributed by atoms with E-state index < -0.39 is 5.97 Å². The average Bonchev–Trinajstić information content (AvgIpc) is 3.15. The smallest absolute Gasteiger partial charge is 0.335 e. The van der Waals surface area contributed by atoms with Gasteiger partial charge < -0.3 is 10.0 Å². The van der Waals surface area contributed by atoms with E-state index >= 15 is 0 Å². The summed E-state index contributed by atoms with van der Waals surface area (Å²) in [5, 5.41) is 9.07. The highest BCUT2D eigenvalue weighted by molar-refractivity contribution is 5.91. The standard InChI is InChI=1S/C14H17NO3/c1-2-15(11-7-8-11)13(16)9-10-5-3-4-6-12(10)14(17)18/h3-6,11H,2,7-9H2,1H3,(H,17,18). The molecule has 0 saturated heterocycles. The Morgan fingerprint density at radius 2 is 2.00 bits per heavy atom. The molecular weight excluding hydrogens is 230 g/mol. The Morgan fingerprint density at radius 3 is 2.56 bits per heavy atom. The Balaban J connectivity index is 2.13. The van der Waals surface area contributed by atoms with Crippen LogP contribution in [0, 0.1) is 0 Å². The van der Waals surface area contributed by atoms with Crippen molar-refractivity contribution in [3.63, 3.8) is 0 Å². The average molecular weight is 247 g/mol. The molecule has 1 amide bonds. The first-order chi connectivity index (χ1) is 8.63.